The molecule has 1 unspecified atom stereocenters. The standard InChI is InChI=1S/C11H19N5O2S/c1-7-10(13-8(2)14-11(7)16-12)15-9-4-3-5-19(17,18)6-9/h9H,3-6,12H2,1-2H3,(H2,13,14,15,16). The molecule has 1 aromatic heterocycles. The number of rotatable bonds is 3. The average Bonchev–Trinajstić information content (AvgIpc) is 2.32. The third-order valence-electron chi connectivity index (χ3n) is 3.20. The first-order valence-corrected chi connectivity index (χ1v) is 8.02. The van der Waals surface area contributed by atoms with Gasteiger partial charge in [-0.3, -0.25) is 0 Å². The lowest BCUT2D eigenvalue weighted by molar-refractivity contribution is 0.561. The molecule has 2 rings (SSSR count). The molecule has 4 N–H and O–H groups in total. The lowest BCUT2D eigenvalue weighted by Gasteiger charge is -2.24. The molecule has 1 atom stereocenters. The zero-order chi connectivity index (χ0) is 14.0. The summed E-state index contributed by atoms with van der Waals surface area (Å²) in [4.78, 5) is 8.48. The van der Waals surface area contributed by atoms with Crippen LogP contribution in [-0.2, 0) is 9.84 Å². The Kier molecular flexibility index (Phi) is 3.91. The first-order chi connectivity index (χ1) is 8.91. The molecule has 0 aliphatic carbocycles. The van der Waals surface area contributed by atoms with Gasteiger partial charge in [0.25, 0.3) is 0 Å². The second-order valence-electron chi connectivity index (χ2n) is 4.84. The lowest BCUT2D eigenvalue weighted by atomic mass is 10.2. The van der Waals surface area contributed by atoms with Crippen LogP contribution in [0.15, 0.2) is 0 Å². The molecule has 0 aromatic carbocycles. The van der Waals surface area contributed by atoms with Crippen LogP contribution in [-0.4, -0.2) is 35.9 Å². The number of nitrogens with one attached hydrogen (secondary N) is 2. The van der Waals surface area contributed by atoms with Crippen molar-refractivity contribution in [2.45, 2.75) is 32.7 Å². The molecule has 8 heteroatoms. The lowest BCUT2D eigenvalue weighted by Crippen LogP contribution is -2.35. The van der Waals surface area contributed by atoms with E-state index in [0.29, 0.717) is 23.9 Å². The zero-order valence-corrected chi connectivity index (χ0v) is 11.9. The Bertz CT molecular complexity index is 573. The van der Waals surface area contributed by atoms with E-state index in [-0.39, 0.29) is 17.5 Å². The van der Waals surface area contributed by atoms with Gasteiger partial charge in [0, 0.05) is 11.6 Å². The van der Waals surface area contributed by atoms with Crippen molar-refractivity contribution in [3.63, 3.8) is 0 Å². The third kappa shape index (κ3) is 3.32. The summed E-state index contributed by atoms with van der Waals surface area (Å²) in [6.45, 7) is 3.61. The fourth-order valence-electron chi connectivity index (χ4n) is 2.24. The normalized spacial score (nSPS) is 21.9. The van der Waals surface area contributed by atoms with E-state index in [9.17, 15) is 8.42 Å². The Balaban J connectivity index is 2.21. The molecule has 0 amide bonds. The topological polar surface area (TPSA) is 110 Å². The number of hydrogen-bond donors (Lipinski definition) is 3. The predicted molar refractivity (Wildman–Crippen MR) is 74.6 cm³/mol. The van der Waals surface area contributed by atoms with E-state index in [2.05, 4.69) is 20.7 Å². The maximum atomic E-state index is 11.6. The molecule has 2 heterocycles. The van der Waals surface area contributed by atoms with Crippen LogP contribution in [0, 0.1) is 13.8 Å². The van der Waals surface area contributed by atoms with Crippen LogP contribution < -0.4 is 16.6 Å². The van der Waals surface area contributed by atoms with Gasteiger partial charge in [-0.05, 0) is 26.7 Å². The maximum absolute atomic E-state index is 11.6. The van der Waals surface area contributed by atoms with Crippen LogP contribution in [0.3, 0.4) is 0 Å². The van der Waals surface area contributed by atoms with Gasteiger partial charge in [0.1, 0.15) is 17.5 Å². The second-order valence-corrected chi connectivity index (χ2v) is 7.06. The van der Waals surface area contributed by atoms with Crippen molar-refractivity contribution in [3.8, 4) is 0 Å². The van der Waals surface area contributed by atoms with Crippen LogP contribution in [0.1, 0.15) is 24.2 Å². The van der Waals surface area contributed by atoms with Gasteiger partial charge in [0.15, 0.2) is 9.84 Å². The Labute approximate surface area is 112 Å². The molecule has 19 heavy (non-hydrogen) atoms. The van der Waals surface area contributed by atoms with Gasteiger partial charge in [0.05, 0.1) is 11.5 Å². The first-order valence-electron chi connectivity index (χ1n) is 6.20. The highest BCUT2D eigenvalue weighted by Crippen LogP contribution is 2.22. The number of aromatic nitrogens is 2. The number of nitrogen functional groups attached to an aromatic ring is 1. The van der Waals surface area contributed by atoms with Gasteiger partial charge in [-0.1, -0.05) is 0 Å². The average molecular weight is 285 g/mol. The molecule has 1 aliphatic rings. The van der Waals surface area contributed by atoms with Gasteiger partial charge in [-0.15, -0.1) is 0 Å². The number of nitrogens with zero attached hydrogens (tertiary/aromatic N) is 2. The molecule has 1 saturated heterocycles. The predicted octanol–water partition coefficient (Wildman–Crippen LogP) is 0.368. The van der Waals surface area contributed by atoms with Gasteiger partial charge < -0.3 is 10.7 Å². The molecular weight excluding hydrogens is 266 g/mol. The van der Waals surface area contributed by atoms with Crippen LogP contribution in [0.4, 0.5) is 11.6 Å². The monoisotopic (exact) mass is 285 g/mol. The van der Waals surface area contributed by atoms with E-state index in [1.165, 1.54) is 0 Å². The number of aryl methyl sites for hydroxylation is 1. The van der Waals surface area contributed by atoms with Crippen molar-refractivity contribution in [2.24, 2.45) is 5.84 Å². The number of hydrogen-bond acceptors (Lipinski definition) is 7. The Morgan fingerprint density at radius 2 is 1.95 bits per heavy atom. The van der Waals surface area contributed by atoms with Gasteiger partial charge >= 0.3 is 0 Å². The summed E-state index contributed by atoms with van der Waals surface area (Å²) >= 11 is 0. The summed E-state index contributed by atoms with van der Waals surface area (Å²) in [7, 11) is -2.94. The number of nitrogens with two attached hydrogens (primary N) is 1. The minimum absolute atomic E-state index is 0.0997. The number of hydrazine groups is 1. The van der Waals surface area contributed by atoms with Crippen molar-refractivity contribution in [1.29, 1.82) is 0 Å². The molecule has 0 radical (unpaired) electrons. The van der Waals surface area contributed by atoms with Crippen molar-refractivity contribution in [2.75, 3.05) is 22.2 Å². The SMILES string of the molecule is Cc1nc(NN)c(C)c(NC2CCCS(=O)(=O)C2)n1. The Morgan fingerprint density at radius 1 is 1.26 bits per heavy atom. The summed E-state index contributed by atoms with van der Waals surface area (Å²) < 4.78 is 23.2. The molecule has 7 nitrogen and oxygen atoms in total. The molecule has 1 fully saturated rings. The van der Waals surface area contributed by atoms with Gasteiger partial charge in [-0.25, -0.2) is 24.2 Å². The number of anilines is 2. The summed E-state index contributed by atoms with van der Waals surface area (Å²) in [5.41, 5.74) is 3.31. The highest BCUT2D eigenvalue weighted by Gasteiger charge is 2.25. The third-order valence-corrected chi connectivity index (χ3v) is 5.02. The van der Waals surface area contributed by atoms with Crippen LogP contribution in [0.5, 0.6) is 0 Å². The van der Waals surface area contributed by atoms with E-state index in [1.54, 1.807) is 6.92 Å². The number of sulfone groups is 1. The van der Waals surface area contributed by atoms with Crippen molar-refractivity contribution < 1.29 is 8.42 Å². The highest BCUT2D eigenvalue weighted by atomic mass is 32.2. The fourth-order valence-corrected chi connectivity index (χ4v) is 3.88. The molecule has 0 saturated carbocycles. The minimum atomic E-state index is -2.94. The van der Waals surface area contributed by atoms with E-state index in [1.807, 2.05) is 6.92 Å². The summed E-state index contributed by atoms with van der Waals surface area (Å²) in [5, 5.41) is 3.19. The van der Waals surface area contributed by atoms with Crippen molar-refractivity contribution in [1.82, 2.24) is 9.97 Å². The van der Waals surface area contributed by atoms with Crippen LogP contribution >= 0.6 is 0 Å². The van der Waals surface area contributed by atoms with Crippen LogP contribution in [0.2, 0.25) is 0 Å². The summed E-state index contributed by atoms with van der Waals surface area (Å²) in [5.74, 6) is 7.61. The Morgan fingerprint density at radius 3 is 2.58 bits per heavy atom. The molecular formula is C11H19N5O2S. The molecule has 106 valence electrons. The summed E-state index contributed by atoms with van der Waals surface area (Å²) in [6, 6.07) is -0.0997. The summed E-state index contributed by atoms with van der Waals surface area (Å²) in [6.07, 6.45) is 1.51. The second kappa shape index (κ2) is 5.30. The fraction of sp³-hybridized carbons (Fsp3) is 0.636. The smallest absolute Gasteiger partial charge is 0.152 e. The quantitative estimate of drug-likeness (QED) is 0.543. The van der Waals surface area contributed by atoms with Crippen molar-refractivity contribution in [3.05, 3.63) is 11.4 Å². The van der Waals surface area contributed by atoms with Gasteiger partial charge in [-0.2, -0.15) is 0 Å². The Hall–Kier alpha value is -1.41. The molecule has 0 bridgehead atoms. The maximum Gasteiger partial charge on any atom is 0.152 e. The van der Waals surface area contributed by atoms with E-state index >= 15 is 0 Å². The first kappa shape index (κ1) is 14.0. The van der Waals surface area contributed by atoms with Crippen LogP contribution in [0.25, 0.3) is 0 Å². The largest absolute Gasteiger partial charge is 0.366 e. The molecule has 0 spiro atoms. The highest BCUT2D eigenvalue weighted by molar-refractivity contribution is 7.91. The van der Waals surface area contributed by atoms with E-state index < -0.39 is 9.84 Å². The van der Waals surface area contributed by atoms with E-state index in [0.717, 1.165) is 12.0 Å². The molecule has 1 aliphatic heterocycles. The van der Waals surface area contributed by atoms with Crippen molar-refractivity contribution >= 4 is 21.5 Å². The minimum Gasteiger partial charge on any atom is -0.366 e. The van der Waals surface area contributed by atoms with E-state index in [4.69, 9.17) is 5.84 Å². The zero-order valence-electron chi connectivity index (χ0n) is 11.1. The molecule has 1 aromatic rings. The van der Waals surface area contributed by atoms with Gasteiger partial charge in [0.2, 0.25) is 0 Å².